The smallest absolute Gasteiger partial charge is 0.230 e. The lowest BCUT2D eigenvalue weighted by Gasteiger charge is -2.29. The minimum absolute atomic E-state index is 0.165. The van der Waals surface area contributed by atoms with Crippen molar-refractivity contribution in [2.24, 2.45) is 11.3 Å². The molecule has 4 rings (SSSR count). The zero-order valence-electron chi connectivity index (χ0n) is 16.5. The first-order valence-electron chi connectivity index (χ1n) is 10.4. The van der Waals surface area contributed by atoms with Gasteiger partial charge in [0.1, 0.15) is 0 Å². The molecule has 0 aromatic heterocycles. The quantitative estimate of drug-likeness (QED) is 0.762. The van der Waals surface area contributed by atoms with Crippen molar-refractivity contribution in [1.82, 2.24) is 15.1 Å². The SMILES string of the molecule is O=C(NCCN1CCOCC1)[C@]12COCC1CN(CC=Cc1ccccc1)C2. The van der Waals surface area contributed by atoms with Gasteiger partial charge in [-0.25, -0.2) is 0 Å². The standard InChI is InChI=1S/C22H31N3O3/c26-21(23-8-10-24-11-13-27-14-12-24)22-17-25(15-20(22)16-28-18-22)9-4-7-19-5-2-1-3-6-19/h1-7,20H,8-18H2,(H,23,26)/t20?,22-/m1/s1. The van der Waals surface area contributed by atoms with Crippen molar-refractivity contribution in [3.8, 4) is 0 Å². The molecule has 1 aromatic carbocycles. The number of nitrogens with one attached hydrogen (secondary N) is 1. The van der Waals surface area contributed by atoms with Crippen molar-refractivity contribution in [3.63, 3.8) is 0 Å². The fraction of sp³-hybridized carbons (Fsp3) is 0.591. The van der Waals surface area contributed by atoms with Gasteiger partial charge in [-0.2, -0.15) is 0 Å². The third-order valence-electron chi connectivity index (χ3n) is 6.19. The van der Waals surface area contributed by atoms with Gasteiger partial charge >= 0.3 is 0 Å². The summed E-state index contributed by atoms with van der Waals surface area (Å²) in [6.07, 6.45) is 4.35. The van der Waals surface area contributed by atoms with Crippen molar-refractivity contribution in [2.75, 3.05) is 72.2 Å². The van der Waals surface area contributed by atoms with Gasteiger partial charge in [-0.15, -0.1) is 0 Å². The van der Waals surface area contributed by atoms with Crippen LogP contribution in [-0.4, -0.2) is 87.9 Å². The molecule has 1 unspecified atom stereocenters. The lowest BCUT2D eigenvalue weighted by molar-refractivity contribution is -0.131. The molecule has 6 nitrogen and oxygen atoms in total. The van der Waals surface area contributed by atoms with Gasteiger partial charge in [-0.1, -0.05) is 42.5 Å². The van der Waals surface area contributed by atoms with Crippen LogP contribution in [0.2, 0.25) is 0 Å². The van der Waals surface area contributed by atoms with Crippen LogP contribution in [0.1, 0.15) is 5.56 Å². The van der Waals surface area contributed by atoms with Crippen molar-refractivity contribution in [3.05, 3.63) is 42.0 Å². The number of rotatable bonds is 7. The van der Waals surface area contributed by atoms with E-state index in [1.165, 1.54) is 5.56 Å². The lowest BCUT2D eigenvalue weighted by atomic mass is 9.80. The molecule has 2 atom stereocenters. The average Bonchev–Trinajstić information content (AvgIpc) is 3.28. The molecule has 3 saturated heterocycles. The Morgan fingerprint density at radius 2 is 2.00 bits per heavy atom. The van der Waals surface area contributed by atoms with Crippen LogP contribution in [-0.2, 0) is 14.3 Å². The molecule has 0 saturated carbocycles. The monoisotopic (exact) mass is 385 g/mol. The zero-order chi connectivity index (χ0) is 19.2. The van der Waals surface area contributed by atoms with Crippen LogP contribution in [0.4, 0.5) is 0 Å². The van der Waals surface area contributed by atoms with E-state index in [-0.39, 0.29) is 11.3 Å². The number of nitrogens with zero attached hydrogens (tertiary/aromatic N) is 2. The summed E-state index contributed by atoms with van der Waals surface area (Å²) in [4.78, 5) is 17.8. The Kier molecular flexibility index (Phi) is 6.42. The highest BCUT2D eigenvalue weighted by Crippen LogP contribution is 2.41. The van der Waals surface area contributed by atoms with Gasteiger partial charge in [0.2, 0.25) is 5.91 Å². The van der Waals surface area contributed by atoms with Crippen molar-refractivity contribution >= 4 is 12.0 Å². The Labute approximate surface area is 167 Å². The van der Waals surface area contributed by atoms with E-state index < -0.39 is 0 Å². The summed E-state index contributed by atoms with van der Waals surface area (Å²) in [6, 6.07) is 10.3. The molecular formula is C22H31N3O3. The van der Waals surface area contributed by atoms with E-state index in [0.29, 0.717) is 25.7 Å². The molecule has 1 amide bonds. The van der Waals surface area contributed by atoms with E-state index in [4.69, 9.17) is 9.47 Å². The Hall–Kier alpha value is -1.73. The molecule has 1 N–H and O–H groups in total. The maximum atomic E-state index is 13.1. The lowest BCUT2D eigenvalue weighted by Crippen LogP contribution is -2.49. The largest absolute Gasteiger partial charge is 0.380 e. The molecule has 3 fully saturated rings. The highest BCUT2D eigenvalue weighted by atomic mass is 16.5. The fourth-order valence-electron chi connectivity index (χ4n) is 4.53. The van der Waals surface area contributed by atoms with E-state index in [2.05, 4.69) is 39.4 Å². The Morgan fingerprint density at radius 3 is 2.82 bits per heavy atom. The molecule has 6 heteroatoms. The molecule has 0 aliphatic carbocycles. The first kappa shape index (κ1) is 19.6. The molecular weight excluding hydrogens is 354 g/mol. The number of ether oxygens (including phenoxy) is 2. The van der Waals surface area contributed by atoms with Gasteiger partial charge in [0.25, 0.3) is 0 Å². The summed E-state index contributed by atoms with van der Waals surface area (Å²) >= 11 is 0. The van der Waals surface area contributed by atoms with E-state index in [1.54, 1.807) is 0 Å². The highest BCUT2D eigenvalue weighted by molar-refractivity contribution is 5.84. The summed E-state index contributed by atoms with van der Waals surface area (Å²) < 4.78 is 11.1. The average molecular weight is 386 g/mol. The van der Waals surface area contributed by atoms with Gasteiger partial charge < -0.3 is 14.8 Å². The van der Waals surface area contributed by atoms with E-state index in [9.17, 15) is 4.79 Å². The topological polar surface area (TPSA) is 54.0 Å². The summed E-state index contributed by atoms with van der Waals surface area (Å²) in [6.45, 7) is 8.88. The van der Waals surface area contributed by atoms with Crippen molar-refractivity contribution < 1.29 is 14.3 Å². The van der Waals surface area contributed by atoms with Crippen molar-refractivity contribution in [2.45, 2.75) is 0 Å². The first-order chi connectivity index (χ1) is 13.8. The second-order valence-electron chi connectivity index (χ2n) is 8.09. The molecule has 1 aromatic rings. The minimum Gasteiger partial charge on any atom is -0.380 e. The predicted molar refractivity (Wildman–Crippen MR) is 109 cm³/mol. The molecule has 0 radical (unpaired) electrons. The van der Waals surface area contributed by atoms with Gasteiger partial charge in [0, 0.05) is 51.7 Å². The Morgan fingerprint density at radius 1 is 1.18 bits per heavy atom. The van der Waals surface area contributed by atoms with E-state index in [0.717, 1.165) is 52.5 Å². The summed E-state index contributed by atoms with van der Waals surface area (Å²) in [7, 11) is 0. The normalized spacial score (nSPS) is 28.6. The number of amides is 1. The van der Waals surface area contributed by atoms with Gasteiger partial charge in [0.15, 0.2) is 0 Å². The number of carbonyl (C=O) groups excluding carboxylic acids is 1. The number of likely N-dealkylation sites (tertiary alicyclic amines) is 1. The highest BCUT2D eigenvalue weighted by Gasteiger charge is 2.55. The third-order valence-corrected chi connectivity index (χ3v) is 6.19. The van der Waals surface area contributed by atoms with E-state index >= 15 is 0 Å². The molecule has 3 aliphatic heterocycles. The molecule has 152 valence electrons. The predicted octanol–water partition coefficient (Wildman–Crippen LogP) is 1.10. The fourth-order valence-corrected chi connectivity index (χ4v) is 4.53. The molecule has 3 heterocycles. The van der Waals surface area contributed by atoms with Gasteiger partial charge in [-0.3, -0.25) is 14.6 Å². The molecule has 28 heavy (non-hydrogen) atoms. The van der Waals surface area contributed by atoms with Crippen LogP contribution in [0, 0.1) is 11.3 Å². The maximum absolute atomic E-state index is 13.1. The number of benzene rings is 1. The Bertz CT molecular complexity index is 675. The maximum Gasteiger partial charge on any atom is 0.230 e. The van der Waals surface area contributed by atoms with Crippen LogP contribution >= 0.6 is 0 Å². The number of hydrogen-bond donors (Lipinski definition) is 1. The zero-order valence-corrected chi connectivity index (χ0v) is 16.5. The molecule has 3 aliphatic rings. The molecule has 0 bridgehead atoms. The van der Waals surface area contributed by atoms with Crippen LogP contribution < -0.4 is 5.32 Å². The molecule has 0 spiro atoms. The summed E-state index contributed by atoms with van der Waals surface area (Å²) in [5.41, 5.74) is 0.826. The number of carbonyl (C=O) groups is 1. The van der Waals surface area contributed by atoms with Crippen LogP contribution in [0.5, 0.6) is 0 Å². The minimum atomic E-state index is -0.383. The van der Waals surface area contributed by atoms with Gasteiger partial charge in [-0.05, 0) is 5.56 Å². The summed E-state index contributed by atoms with van der Waals surface area (Å²) in [5.74, 6) is 0.457. The third kappa shape index (κ3) is 4.46. The van der Waals surface area contributed by atoms with Crippen LogP contribution in [0.25, 0.3) is 6.08 Å². The van der Waals surface area contributed by atoms with Gasteiger partial charge in [0.05, 0.1) is 31.8 Å². The van der Waals surface area contributed by atoms with E-state index in [1.807, 2.05) is 18.2 Å². The second kappa shape index (κ2) is 9.18. The number of hydrogen-bond acceptors (Lipinski definition) is 5. The van der Waals surface area contributed by atoms with Crippen molar-refractivity contribution in [1.29, 1.82) is 0 Å². The number of fused-ring (bicyclic) bond motifs is 1. The number of morpholine rings is 1. The summed E-state index contributed by atoms with van der Waals surface area (Å²) in [5, 5.41) is 3.19. The van der Waals surface area contributed by atoms with Crippen LogP contribution in [0.3, 0.4) is 0 Å². The second-order valence-corrected chi connectivity index (χ2v) is 8.09. The van der Waals surface area contributed by atoms with Crippen LogP contribution in [0.15, 0.2) is 36.4 Å². The first-order valence-corrected chi connectivity index (χ1v) is 10.4. The Balaban J connectivity index is 1.28.